The van der Waals surface area contributed by atoms with Gasteiger partial charge in [0.1, 0.15) is 18.3 Å². The fourth-order valence-electron chi connectivity index (χ4n) is 3.29. The molecule has 0 saturated carbocycles. The Balaban J connectivity index is 1.45. The highest BCUT2D eigenvalue weighted by Crippen LogP contribution is 2.47. The first-order chi connectivity index (χ1) is 11.1. The van der Waals surface area contributed by atoms with Crippen molar-refractivity contribution < 1.29 is 14.3 Å². The van der Waals surface area contributed by atoms with E-state index < -0.39 is 6.04 Å². The summed E-state index contributed by atoms with van der Waals surface area (Å²) in [7, 11) is 0. The van der Waals surface area contributed by atoms with Gasteiger partial charge in [-0.05, 0) is 25.5 Å². The van der Waals surface area contributed by atoms with Crippen LogP contribution < -0.4 is 0 Å². The zero-order valence-electron chi connectivity index (χ0n) is 12.8. The minimum absolute atomic E-state index is 0.0483. The highest BCUT2D eigenvalue weighted by Gasteiger charge is 2.53. The van der Waals surface area contributed by atoms with Crippen LogP contribution in [0.1, 0.15) is 25.5 Å². The van der Waals surface area contributed by atoms with Gasteiger partial charge in [-0.25, -0.2) is 9.78 Å². The molecule has 4 heterocycles. The van der Waals surface area contributed by atoms with E-state index in [0.29, 0.717) is 17.9 Å². The number of rotatable bonds is 3. The first-order valence-corrected chi connectivity index (χ1v) is 8.61. The van der Waals surface area contributed by atoms with E-state index in [1.165, 1.54) is 0 Å². The molecule has 2 aliphatic rings. The van der Waals surface area contributed by atoms with E-state index in [2.05, 4.69) is 4.98 Å². The van der Waals surface area contributed by atoms with Crippen LogP contribution in [0.3, 0.4) is 0 Å². The van der Waals surface area contributed by atoms with E-state index in [0.717, 1.165) is 12.1 Å². The fourth-order valence-corrected chi connectivity index (χ4v) is 4.71. The number of carbonyl (C=O) groups is 2. The smallest absolute Gasteiger partial charge is 0.330 e. The average Bonchev–Trinajstić information content (AvgIpc) is 3.18. The highest BCUT2D eigenvalue weighted by atomic mass is 32.2. The van der Waals surface area contributed by atoms with Gasteiger partial charge < -0.3 is 14.0 Å². The number of thioether (sulfide) groups is 1. The Kier molecular flexibility index (Phi) is 3.33. The van der Waals surface area contributed by atoms with E-state index in [1.807, 2.05) is 41.9 Å². The molecule has 0 spiro atoms. The minimum Gasteiger partial charge on any atom is -0.458 e. The van der Waals surface area contributed by atoms with Crippen LogP contribution in [0.15, 0.2) is 30.6 Å². The number of amides is 1. The normalized spacial score (nSPS) is 26.7. The van der Waals surface area contributed by atoms with Gasteiger partial charge in [0.2, 0.25) is 5.91 Å². The van der Waals surface area contributed by atoms with Gasteiger partial charge in [-0.1, -0.05) is 6.07 Å². The molecule has 2 aliphatic heterocycles. The predicted molar refractivity (Wildman–Crippen MR) is 85.7 cm³/mol. The molecule has 0 unspecified atom stereocenters. The summed E-state index contributed by atoms with van der Waals surface area (Å²) in [6.45, 7) is 2.15. The lowest BCUT2D eigenvalue weighted by molar-refractivity contribution is -0.154. The number of nitrogens with zero attached hydrogens (tertiary/aromatic N) is 3. The molecule has 6 nitrogen and oxygen atoms in total. The van der Waals surface area contributed by atoms with Crippen LogP contribution in [0, 0.1) is 0 Å². The van der Waals surface area contributed by atoms with Gasteiger partial charge in [0, 0.05) is 24.6 Å². The average molecular weight is 331 g/mol. The summed E-state index contributed by atoms with van der Waals surface area (Å²) in [4.78, 5) is 30.3. The van der Waals surface area contributed by atoms with E-state index in [9.17, 15) is 9.59 Å². The fraction of sp³-hybridized carbons (Fsp3) is 0.438. The Morgan fingerprint density at radius 2 is 2.39 bits per heavy atom. The number of aromatic nitrogens is 2. The van der Waals surface area contributed by atoms with E-state index in [-0.39, 0.29) is 23.4 Å². The van der Waals surface area contributed by atoms with Gasteiger partial charge in [0.25, 0.3) is 0 Å². The van der Waals surface area contributed by atoms with Crippen LogP contribution in [-0.4, -0.2) is 42.8 Å². The number of hydrogen-bond donors (Lipinski definition) is 0. The molecule has 2 aromatic rings. The topological polar surface area (TPSA) is 63.9 Å². The quantitative estimate of drug-likeness (QED) is 0.803. The summed E-state index contributed by atoms with van der Waals surface area (Å²) in [6, 6.07) is 5.25. The predicted octanol–water partition coefficient (Wildman–Crippen LogP) is 1.83. The van der Waals surface area contributed by atoms with Gasteiger partial charge >= 0.3 is 5.97 Å². The third kappa shape index (κ3) is 2.39. The Morgan fingerprint density at radius 1 is 1.52 bits per heavy atom. The van der Waals surface area contributed by atoms with Crippen LogP contribution in [0.2, 0.25) is 0 Å². The molecule has 23 heavy (non-hydrogen) atoms. The standard InChI is InChI=1S/C16H17N3O3S/c1-16-6-5-14(20)19(16)12(10-23-16)15(21)22-9-11-8-18-7-3-2-4-13(18)17-11/h2-4,7-8,12H,5-6,9-10H2,1H3/t12-,16+/m1/s1. The van der Waals surface area contributed by atoms with Crippen LogP contribution in [-0.2, 0) is 20.9 Å². The number of pyridine rings is 1. The van der Waals surface area contributed by atoms with E-state index >= 15 is 0 Å². The van der Waals surface area contributed by atoms with Crippen LogP contribution in [0.25, 0.3) is 5.65 Å². The number of fused-ring (bicyclic) bond motifs is 2. The number of imidazole rings is 1. The second-order valence-electron chi connectivity index (χ2n) is 6.07. The number of ether oxygens (including phenoxy) is 1. The van der Waals surface area contributed by atoms with Crippen molar-refractivity contribution in [3.05, 3.63) is 36.3 Å². The van der Waals surface area contributed by atoms with Gasteiger partial charge in [0.15, 0.2) is 0 Å². The van der Waals surface area contributed by atoms with E-state index in [4.69, 9.17) is 4.74 Å². The summed E-state index contributed by atoms with van der Waals surface area (Å²) < 4.78 is 7.31. The van der Waals surface area contributed by atoms with Crippen molar-refractivity contribution in [3.8, 4) is 0 Å². The highest BCUT2D eigenvalue weighted by molar-refractivity contribution is 8.01. The molecule has 0 aromatic carbocycles. The maximum absolute atomic E-state index is 12.4. The second kappa shape index (κ2) is 5.26. The summed E-state index contributed by atoms with van der Waals surface area (Å²) in [5.74, 6) is 0.312. The van der Waals surface area contributed by atoms with Crippen molar-refractivity contribution in [1.82, 2.24) is 14.3 Å². The molecule has 0 radical (unpaired) electrons. The molecular weight excluding hydrogens is 314 g/mol. The molecule has 4 rings (SSSR count). The molecule has 7 heteroatoms. The SMILES string of the molecule is C[C@]12CCC(=O)N1[C@@H](C(=O)OCc1cn3ccccc3n1)CS2. The number of carbonyl (C=O) groups excluding carboxylic acids is 2. The summed E-state index contributed by atoms with van der Waals surface area (Å²) >= 11 is 1.67. The minimum atomic E-state index is -0.475. The number of hydrogen-bond acceptors (Lipinski definition) is 5. The maximum atomic E-state index is 12.4. The van der Waals surface area contributed by atoms with Crippen LogP contribution >= 0.6 is 11.8 Å². The molecule has 2 aromatic heterocycles. The maximum Gasteiger partial charge on any atom is 0.330 e. The molecule has 2 atom stereocenters. The lowest BCUT2D eigenvalue weighted by atomic mass is 10.2. The molecule has 2 saturated heterocycles. The van der Waals surface area contributed by atoms with Gasteiger partial charge in [0.05, 0.1) is 10.6 Å². The first-order valence-electron chi connectivity index (χ1n) is 7.62. The Labute approximate surface area is 137 Å². The van der Waals surface area contributed by atoms with Crippen molar-refractivity contribution in [3.63, 3.8) is 0 Å². The molecule has 0 bridgehead atoms. The van der Waals surface area contributed by atoms with E-state index in [1.54, 1.807) is 16.7 Å². The molecule has 120 valence electrons. The largest absolute Gasteiger partial charge is 0.458 e. The zero-order valence-corrected chi connectivity index (χ0v) is 13.6. The van der Waals surface area contributed by atoms with Gasteiger partial charge in [-0.3, -0.25) is 4.79 Å². The second-order valence-corrected chi connectivity index (χ2v) is 7.57. The third-order valence-corrected chi connectivity index (χ3v) is 6.00. The monoisotopic (exact) mass is 331 g/mol. The van der Waals surface area contributed by atoms with Gasteiger partial charge in [-0.15, -0.1) is 11.8 Å². The molecule has 1 amide bonds. The summed E-state index contributed by atoms with van der Waals surface area (Å²) in [6.07, 6.45) is 5.05. The first kappa shape index (κ1) is 14.6. The van der Waals surface area contributed by atoms with Crippen molar-refractivity contribution >= 4 is 29.3 Å². The summed E-state index contributed by atoms with van der Waals surface area (Å²) in [5.41, 5.74) is 1.52. The van der Waals surface area contributed by atoms with Crippen molar-refractivity contribution in [2.45, 2.75) is 37.3 Å². The van der Waals surface area contributed by atoms with Crippen molar-refractivity contribution in [2.24, 2.45) is 0 Å². The molecule has 0 N–H and O–H groups in total. The molecule has 2 fully saturated rings. The Morgan fingerprint density at radius 3 is 3.22 bits per heavy atom. The molecular formula is C16H17N3O3S. The van der Waals surface area contributed by atoms with Crippen molar-refractivity contribution in [1.29, 1.82) is 0 Å². The Bertz CT molecular complexity index is 757. The van der Waals surface area contributed by atoms with Crippen LogP contribution in [0.4, 0.5) is 0 Å². The van der Waals surface area contributed by atoms with Gasteiger partial charge in [-0.2, -0.15) is 0 Å². The van der Waals surface area contributed by atoms with Crippen LogP contribution in [0.5, 0.6) is 0 Å². The third-order valence-electron chi connectivity index (χ3n) is 4.49. The zero-order chi connectivity index (χ0) is 16.0. The number of esters is 1. The molecule has 0 aliphatic carbocycles. The van der Waals surface area contributed by atoms with Crippen molar-refractivity contribution in [2.75, 3.05) is 5.75 Å². The lowest BCUT2D eigenvalue weighted by Crippen LogP contribution is -2.46. The Hall–Kier alpha value is -2.02. The lowest BCUT2D eigenvalue weighted by Gasteiger charge is -2.29. The summed E-state index contributed by atoms with van der Waals surface area (Å²) in [5, 5.41) is 0.